The van der Waals surface area contributed by atoms with Crippen LogP contribution in [0.2, 0.25) is 0 Å². The van der Waals surface area contributed by atoms with Gasteiger partial charge in [-0.25, -0.2) is 15.0 Å². The third kappa shape index (κ3) is 2.43. The molecule has 24 heavy (non-hydrogen) atoms. The molecule has 8 heteroatoms. The summed E-state index contributed by atoms with van der Waals surface area (Å²) in [6.07, 6.45) is 7.18. The Morgan fingerprint density at radius 2 is 2.17 bits per heavy atom. The van der Waals surface area contributed by atoms with Gasteiger partial charge in [-0.05, 0) is 19.4 Å². The number of nitrogens with one attached hydrogen (secondary N) is 1. The molecular formula is C16H21N7O. The van der Waals surface area contributed by atoms with Gasteiger partial charge in [0.2, 0.25) is 0 Å². The Hall–Kier alpha value is -2.48. The number of fused-ring (bicyclic) bond motifs is 1. The topological polar surface area (TPSA) is 95.8 Å². The van der Waals surface area contributed by atoms with Crippen LogP contribution in [0.5, 0.6) is 0 Å². The van der Waals surface area contributed by atoms with Crippen molar-refractivity contribution in [3.05, 3.63) is 30.6 Å². The van der Waals surface area contributed by atoms with E-state index >= 15 is 0 Å². The molecule has 126 valence electrons. The van der Waals surface area contributed by atoms with Gasteiger partial charge in [-0.15, -0.1) is 0 Å². The third-order valence-electron chi connectivity index (χ3n) is 4.76. The van der Waals surface area contributed by atoms with Crippen LogP contribution in [-0.4, -0.2) is 54.5 Å². The number of aromatic amines is 1. The van der Waals surface area contributed by atoms with Crippen molar-refractivity contribution in [2.45, 2.75) is 25.8 Å². The molecule has 0 aromatic carbocycles. The van der Waals surface area contributed by atoms with E-state index in [0.717, 1.165) is 24.4 Å². The molecule has 0 saturated carbocycles. The Bertz CT molecular complexity index is 840. The molecule has 0 radical (unpaired) electrons. The second-order valence-electron chi connectivity index (χ2n) is 6.60. The summed E-state index contributed by atoms with van der Waals surface area (Å²) in [4.78, 5) is 18.1. The van der Waals surface area contributed by atoms with E-state index in [1.165, 1.54) is 11.9 Å². The van der Waals surface area contributed by atoms with Crippen molar-refractivity contribution in [3.63, 3.8) is 0 Å². The summed E-state index contributed by atoms with van der Waals surface area (Å²) in [5, 5.41) is 14.3. The van der Waals surface area contributed by atoms with Crippen LogP contribution in [0.3, 0.4) is 0 Å². The summed E-state index contributed by atoms with van der Waals surface area (Å²) in [5.41, 5.74) is 2.67. The highest BCUT2D eigenvalue weighted by Gasteiger charge is 2.35. The highest BCUT2D eigenvalue weighted by Crippen LogP contribution is 2.36. The molecular weight excluding hydrogens is 306 g/mol. The van der Waals surface area contributed by atoms with Crippen molar-refractivity contribution in [1.82, 2.24) is 29.7 Å². The minimum absolute atomic E-state index is 0.144. The standard InChI is InChI=1S/C16H21N7O/c1-10(2)23-5-11(3-21-23)13-6-22(4-12(13)7-24)16-14-15(18-8-17-14)19-9-20-16/h3,5,8-10,12-13,24H,4,6-7H2,1-2H3,(H,17,18,19,20)/t12-,13-/m0/s1. The molecule has 1 aliphatic rings. The number of rotatable bonds is 4. The Labute approximate surface area is 139 Å². The molecule has 0 bridgehead atoms. The second-order valence-corrected chi connectivity index (χ2v) is 6.60. The molecule has 0 unspecified atom stereocenters. The number of hydrogen-bond acceptors (Lipinski definition) is 6. The summed E-state index contributed by atoms with van der Waals surface area (Å²) >= 11 is 0. The van der Waals surface area contributed by atoms with E-state index in [9.17, 15) is 5.11 Å². The Kier molecular flexibility index (Phi) is 3.68. The average molecular weight is 327 g/mol. The van der Waals surface area contributed by atoms with Gasteiger partial charge in [0.25, 0.3) is 0 Å². The molecule has 8 nitrogen and oxygen atoms in total. The lowest BCUT2D eigenvalue weighted by atomic mass is 9.92. The number of nitrogens with zero attached hydrogens (tertiary/aromatic N) is 6. The van der Waals surface area contributed by atoms with Crippen LogP contribution in [0.1, 0.15) is 31.4 Å². The van der Waals surface area contributed by atoms with Crippen LogP contribution in [0.15, 0.2) is 25.0 Å². The van der Waals surface area contributed by atoms with Crippen LogP contribution >= 0.6 is 0 Å². The van der Waals surface area contributed by atoms with Crippen LogP contribution in [0.25, 0.3) is 11.2 Å². The van der Waals surface area contributed by atoms with Crippen molar-refractivity contribution >= 4 is 17.0 Å². The van der Waals surface area contributed by atoms with Crippen molar-refractivity contribution in [2.75, 3.05) is 24.6 Å². The fraction of sp³-hybridized carbons (Fsp3) is 0.500. The predicted molar refractivity (Wildman–Crippen MR) is 89.8 cm³/mol. The summed E-state index contributed by atoms with van der Waals surface area (Å²) in [6, 6.07) is 0.329. The molecule has 4 rings (SSSR count). The molecule has 4 heterocycles. The Morgan fingerprint density at radius 1 is 1.29 bits per heavy atom. The normalized spacial score (nSPS) is 21.2. The Morgan fingerprint density at radius 3 is 2.92 bits per heavy atom. The second kappa shape index (κ2) is 5.86. The van der Waals surface area contributed by atoms with Gasteiger partial charge in [-0.2, -0.15) is 5.10 Å². The summed E-state index contributed by atoms with van der Waals surface area (Å²) < 4.78 is 1.96. The molecule has 1 aliphatic heterocycles. The van der Waals surface area contributed by atoms with Gasteiger partial charge in [-0.1, -0.05) is 0 Å². The van der Waals surface area contributed by atoms with E-state index in [2.05, 4.69) is 50.0 Å². The van der Waals surface area contributed by atoms with E-state index < -0.39 is 0 Å². The zero-order chi connectivity index (χ0) is 16.7. The van der Waals surface area contributed by atoms with E-state index in [-0.39, 0.29) is 18.4 Å². The summed E-state index contributed by atoms with van der Waals surface area (Å²) in [7, 11) is 0. The van der Waals surface area contributed by atoms with Gasteiger partial charge in [0.15, 0.2) is 11.5 Å². The molecule has 2 atom stereocenters. The van der Waals surface area contributed by atoms with Crippen LogP contribution < -0.4 is 4.90 Å². The molecule has 3 aromatic rings. The van der Waals surface area contributed by atoms with Crippen LogP contribution in [0, 0.1) is 5.92 Å². The number of hydrogen-bond donors (Lipinski definition) is 2. The lowest BCUT2D eigenvalue weighted by Crippen LogP contribution is -2.22. The first-order valence-corrected chi connectivity index (χ1v) is 8.21. The molecule has 0 amide bonds. The predicted octanol–water partition coefficient (Wildman–Crippen LogP) is 1.34. The minimum atomic E-state index is 0.144. The lowest BCUT2D eigenvalue weighted by molar-refractivity contribution is 0.227. The number of aliphatic hydroxyl groups is 1. The van der Waals surface area contributed by atoms with Gasteiger partial charge < -0.3 is 15.0 Å². The zero-order valence-corrected chi connectivity index (χ0v) is 13.8. The first-order valence-electron chi connectivity index (χ1n) is 8.21. The van der Waals surface area contributed by atoms with Gasteiger partial charge in [0.05, 0.1) is 12.5 Å². The van der Waals surface area contributed by atoms with Crippen molar-refractivity contribution in [3.8, 4) is 0 Å². The van der Waals surface area contributed by atoms with Crippen molar-refractivity contribution in [2.24, 2.45) is 5.92 Å². The van der Waals surface area contributed by atoms with E-state index in [1.807, 2.05) is 10.9 Å². The first-order chi connectivity index (χ1) is 11.7. The average Bonchev–Trinajstić information content (AvgIpc) is 3.31. The fourth-order valence-electron chi connectivity index (χ4n) is 3.43. The maximum absolute atomic E-state index is 9.84. The largest absolute Gasteiger partial charge is 0.396 e. The maximum atomic E-state index is 9.84. The van der Waals surface area contributed by atoms with Crippen LogP contribution in [-0.2, 0) is 0 Å². The number of aliphatic hydroxyl groups excluding tert-OH is 1. The fourth-order valence-corrected chi connectivity index (χ4v) is 3.43. The lowest BCUT2D eigenvalue weighted by Gasteiger charge is -2.17. The van der Waals surface area contributed by atoms with E-state index in [1.54, 1.807) is 6.33 Å². The SMILES string of the molecule is CC(C)n1cc([C@@H]2CN(c3ncnc4nc[nH]c34)C[C@H]2CO)cn1. The monoisotopic (exact) mass is 327 g/mol. The molecule has 1 fully saturated rings. The first kappa shape index (κ1) is 15.1. The third-order valence-corrected chi connectivity index (χ3v) is 4.76. The van der Waals surface area contributed by atoms with Crippen molar-refractivity contribution < 1.29 is 5.11 Å². The minimum Gasteiger partial charge on any atom is -0.396 e. The van der Waals surface area contributed by atoms with Crippen molar-refractivity contribution in [1.29, 1.82) is 0 Å². The molecule has 0 aliphatic carbocycles. The highest BCUT2D eigenvalue weighted by molar-refractivity contribution is 5.82. The van der Waals surface area contributed by atoms with Gasteiger partial charge in [0, 0.05) is 43.8 Å². The molecule has 0 spiro atoms. The summed E-state index contributed by atoms with van der Waals surface area (Å²) in [6.45, 7) is 5.90. The van der Waals surface area contributed by atoms with Gasteiger partial charge >= 0.3 is 0 Å². The quantitative estimate of drug-likeness (QED) is 0.751. The van der Waals surface area contributed by atoms with Gasteiger partial charge in [-0.3, -0.25) is 4.68 Å². The van der Waals surface area contributed by atoms with Gasteiger partial charge in [0.1, 0.15) is 11.8 Å². The zero-order valence-electron chi connectivity index (χ0n) is 13.8. The smallest absolute Gasteiger partial charge is 0.182 e. The van der Waals surface area contributed by atoms with E-state index in [4.69, 9.17) is 0 Å². The number of aromatic nitrogens is 6. The molecule has 3 aromatic heterocycles. The molecule has 1 saturated heterocycles. The van der Waals surface area contributed by atoms with Crippen LogP contribution in [0.4, 0.5) is 5.82 Å². The highest BCUT2D eigenvalue weighted by atomic mass is 16.3. The molecule has 2 N–H and O–H groups in total. The number of imidazole rings is 1. The Balaban J connectivity index is 1.65. The maximum Gasteiger partial charge on any atom is 0.182 e. The number of anilines is 1. The van der Waals surface area contributed by atoms with E-state index in [0.29, 0.717) is 11.7 Å². The number of H-pyrrole nitrogens is 1. The summed E-state index contributed by atoms with van der Waals surface area (Å²) in [5.74, 6) is 1.23.